The van der Waals surface area contributed by atoms with Crippen molar-refractivity contribution >= 4 is 21.5 Å². The Hall–Kier alpha value is -0.670. The first-order valence-electron chi connectivity index (χ1n) is 4.48. The quantitative estimate of drug-likeness (QED) is 0.884. The van der Waals surface area contributed by atoms with Gasteiger partial charge in [-0.05, 0) is 47.5 Å². The SMILES string of the molecule is C/C(=C/CCN)c1cccc(Br)c1F. The van der Waals surface area contributed by atoms with E-state index in [4.69, 9.17) is 5.73 Å². The minimum Gasteiger partial charge on any atom is -0.330 e. The maximum atomic E-state index is 13.6. The average Bonchev–Trinajstić information content (AvgIpc) is 2.18. The fourth-order valence-corrected chi connectivity index (χ4v) is 1.58. The molecule has 0 atom stereocenters. The maximum Gasteiger partial charge on any atom is 0.144 e. The Balaban J connectivity index is 3.01. The summed E-state index contributed by atoms with van der Waals surface area (Å²) in [5.74, 6) is -0.210. The van der Waals surface area contributed by atoms with Crippen LogP contribution in [-0.2, 0) is 0 Å². The Morgan fingerprint density at radius 3 is 2.93 bits per heavy atom. The van der Waals surface area contributed by atoms with Crippen LogP contribution in [0.15, 0.2) is 28.7 Å². The van der Waals surface area contributed by atoms with Gasteiger partial charge in [0.05, 0.1) is 4.47 Å². The van der Waals surface area contributed by atoms with Gasteiger partial charge in [0.2, 0.25) is 0 Å². The summed E-state index contributed by atoms with van der Waals surface area (Å²) in [6, 6.07) is 5.28. The monoisotopic (exact) mass is 257 g/mol. The van der Waals surface area contributed by atoms with Crippen molar-refractivity contribution in [3.63, 3.8) is 0 Å². The lowest BCUT2D eigenvalue weighted by Gasteiger charge is -2.04. The van der Waals surface area contributed by atoms with Crippen LogP contribution in [0, 0.1) is 5.82 Å². The lowest BCUT2D eigenvalue weighted by molar-refractivity contribution is 0.617. The summed E-state index contributed by atoms with van der Waals surface area (Å²) in [4.78, 5) is 0. The summed E-state index contributed by atoms with van der Waals surface area (Å²) >= 11 is 3.16. The van der Waals surface area contributed by atoms with Crippen molar-refractivity contribution < 1.29 is 4.39 Å². The van der Waals surface area contributed by atoms with Crippen LogP contribution in [0.25, 0.3) is 5.57 Å². The van der Waals surface area contributed by atoms with E-state index in [1.54, 1.807) is 12.1 Å². The highest BCUT2D eigenvalue weighted by Crippen LogP contribution is 2.24. The second kappa shape index (κ2) is 5.27. The average molecular weight is 258 g/mol. The Labute approximate surface area is 91.9 Å². The van der Waals surface area contributed by atoms with Crippen molar-refractivity contribution in [1.29, 1.82) is 0 Å². The zero-order chi connectivity index (χ0) is 10.6. The lowest BCUT2D eigenvalue weighted by Crippen LogP contribution is -1.96. The van der Waals surface area contributed by atoms with Crippen molar-refractivity contribution in [2.45, 2.75) is 13.3 Å². The molecule has 76 valence electrons. The number of hydrogen-bond acceptors (Lipinski definition) is 1. The Morgan fingerprint density at radius 2 is 2.29 bits per heavy atom. The largest absolute Gasteiger partial charge is 0.330 e. The Kier molecular flexibility index (Phi) is 4.29. The summed E-state index contributed by atoms with van der Waals surface area (Å²) in [6.45, 7) is 2.48. The fraction of sp³-hybridized carbons (Fsp3) is 0.273. The van der Waals surface area contributed by atoms with Gasteiger partial charge in [-0.3, -0.25) is 0 Å². The number of allylic oxidation sites excluding steroid dienone is 1. The van der Waals surface area contributed by atoms with Crippen LogP contribution >= 0.6 is 15.9 Å². The van der Waals surface area contributed by atoms with E-state index in [0.717, 1.165) is 12.0 Å². The molecule has 0 amide bonds. The molecular weight excluding hydrogens is 245 g/mol. The standard InChI is InChI=1S/C11H13BrFN/c1-8(4-3-7-14)9-5-2-6-10(12)11(9)13/h2,4-6H,3,7,14H2,1H3/b8-4-. The molecule has 0 saturated heterocycles. The number of nitrogens with two attached hydrogens (primary N) is 1. The van der Waals surface area contributed by atoms with Gasteiger partial charge >= 0.3 is 0 Å². The van der Waals surface area contributed by atoms with Gasteiger partial charge in [-0.2, -0.15) is 0 Å². The van der Waals surface area contributed by atoms with Crippen LogP contribution in [0.4, 0.5) is 4.39 Å². The van der Waals surface area contributed by atoms with Crippen molar-refractivity contribution in [2.75, 3.05) is 6.54 Å². The minimum absolute atomic E-state index is 0.210. The van der Waals surface area contributed by atoms with Crippen molar-refractivity contribution in [1.82, 2.24) is 0 Å². The van der Waals surface area contributed by atoms with E-state index in [0.29, 0.717) is 16.6 Å². The molecule has 0 aromatic heterocycles. The van der Waals surface area contributed by atoms with Crippen LogP contribution < -0.4 is 5.73 Å². The molecule has 1 aromatic carbocycles. The molecule has 2 N–H and O–H groups in total. The Morgan fingerprint density at radius 1 is 1.57 bits per heavy atom. The molecule has 0 spiro atoms. The molecule has 1 aromatic rings. The summed E-state index contributed by atoms with van der Waals surface area (Å²) in [6.07, 6.45) is 2.72. The smallest absolute Gasteiger partial charge is 0.144 e. The molecule has 0 fully saturated rings. The molecule has 0 aliphatic carbocycles. The summed E-state index contributed by atoms with van der Waals surface area (Å²) in [7, 11) is 0. The molecule has 0 aliphatic heterocycles. The van der Waals surface area contributed by atoms with Gasteiger partial charge in [0.1, 0.15) is 5.82 Å². The van der Waals surface area contributed by atoms with E-state index in [1.165, 1.54) is 0 Å². The third-order valence-corrected chi connectivity index (χ3v) is 2.61. The van der Waals surface area contributed by atoms with Gasteiger partial charge in [-0.15, -0.1) is 0 Å². The second-order valence-corrected chi connectivity index (χ2v) is 3.92. The number of rotatable bonds is 3. The highest BCUT2D eigenvalue weighted by Gasteiger charge is 2.06. The molecule has 0 radical (unpaired) electrons. The predicted octanol–water partition coefficient (Wildman–Crippen LogP) is 3.34. The molecule has 0 unspecified atom stereocenters. The van der Waals surface area contributed by atoms with E-state index in [1.807, 2.05) is 19.1 Å². The molecule has 0 bridgehead atoms. The summed E-state index contributed by atoms with van der Waals surface area (Å²) < 4.78 is 14.1. The molecule has 14 heavy (non-hydrogen) atoms. The van der Waals surface area contributed by atoms with Crippen LogP contribution in [0.1, 0.15) is 18.9 Å². The minimum atomic E-state index is -0.210. The van der Waals surface area contributed by atoms with Gasteiger partial charge in [-0.1, -0.05) is 18.2 Å². The van der Waals surface area contributed by atoms with Gasteiger partial charge in [0, 0.05) is 5.56 Å². The van der Waals surface area contributed by atoms with Crippen LogP contribution in [0.3, 0.4) is 0 Å². The highest BCUT2D eigenvalue weighted by atomic mass is 79.9. The summed E-state index contributed by atoms with van der Waals surface area (Å²) in [5.41, 5.74) is 6.93. The molecule has 3 heteroatoms. The van der Waals surface area contributed by atoms with Gasteiger partial charge in [0.15, 0.2) is 0 Å². The van der Waals surface area contributed by atoms with Crippen molar-refractivity contribution in [3.05, 3.63) is 40.1 Å². The van der Waals surface area contributed by atoms with Crippen LogP contribution in [0.5, 0.6) is 0 Å². The third-order valence-electron chi connectivity index (χ3n) is 1.99. The van der Waals surface area contributed by atoms with E-state index in [2.05, 4.69) is 15.9 Å². The maximum absolute atomic E-state index is 13.6. The lowest BCUT2D eigenvalue weighted by atomic mass is 10.1. The molecule has 0 aliphatic rings. The van der Waals surface area contributed by atoms with Gasteiger partial charge < -0.3 is 5.73 Å². The molecule has 0 heterocycles. The number of hydrogen-bond donors (Lipinski definition) is 1. The van der Waals surface area contributed by atoms with Gasteiger partial charge in [0.25, 0.3) is 0 Å². The second-order valence-electron chi connectivity index (χ2n) is 3.07. The fourth-order valence-electron chi connectivity index (χ4n) is 1.22. The first-order chi connectivity index (χ1) is 6.66. The van der Waals surface area contributed by atoms with Crippen LogP contribution in [0.2, 0.25) is 0 Å². The third kappa shape index (κ3) is 2.66. The zero-order valence-electron chi connectivity index (χ0n) is 8.06. The van der Waals surface area contributed by atoms with Crippen molar-refractivity contribution in [3.8, 4) is 0 Å². The first kappa shape index (κ1) is 11.4. The van der Waals surface area contributed by atoms with E-state index in [9.17, 15) is 4.39 Å². The Bertz CT molecular complexity index is 347. The molecule has 1 nitrogen and oxygen atoms in total. The molecular formula is C11H13BrFN. The normalized spacial score (nSPS) is 11.9. The molecule has 0 saturated carbocycles. The van der Waals surface area contributed by atoms with E-state index in [-0.39, 0.29) is 5.82 Å². The molecule has 1 rings (SSSR count). The highest BCUT2D eigenvalue weighted by molar-refractivity contribution is 9.10. The van der Waals surface area contributed by atoms with Crippen molar-refractivity contribution in [2.24, 2.45) is 5.73 Å². The first-order valence-corrected chi connectivity index (χ1v) is 5.27. The number of benzene rings is 1. The summed E-state index contributed by atoms with van der Waals surface area (Å²) in [5, 5.41) is 0. The van der Waals surface area contributed by atoms with Crippen LogP contribution in [-0.4, -0.2) is 6.54 Å². The van der Waals surface area contributed by atoms with E-state index < -0.39 is 0 Å². The van der Waals surface area contributed by atoms with E-state index >= 15 is 0 Å². The predicted molar refractivity (Wildman–Crippen MR) is 61.4 cm³/mol. The van der Waals surface area contributed by atoms with Gasteiger partial charge in [-0.25, -0.2) is 4.39 Å². The topological polar surface area (TPSA) is 26.0 Å². The zero-order valence-corrected chi connectivity index (χ0v) is 9.64. The number of halogens is 2.